The van der Waals surface area contributed by atoms with Gasteiger partial charge in [-0.05, 0) is 57.8 Å². The Labute approximate surface area is 494 Å². The van der Waals surface area contributed by atoms with E-state index < -0.39 is 12.1 Å². The molecule has 0 rings (SSSR count). The summed E-state index contributed by atoms with van der Waals surface area (Å²) in [5, 5.41) is 23.3. The molecule has 0 aromatic heterocycles. The van der Waals surface area contributed by atoms with Crippen molar-refractivity contribution in [1.82, 2.24) is 5.32 Å². The lowest BCUT2D eigenvalue weighted by Crippen LogP contribution is -2.45. The van der Waals surface area contributed by atoms with E-state index in [9.17, 15) is 19.8 Å². The zero-order chi connectivity index (χ0) is 57.1. The molecule has 0 aliphatic rings. The third-order valence-electron chi connectivity index (χ3n) is 17.0. The van der Waals surface area contributed by atoms with Gasteiger partial charge in [-0.3, -0.25) is 9.59 Å². The molecule has 0 aromatic rings. The van der Waals surface area contributed by atoms with Crippen LogP contribution in [0.25, 0.3) is 0 Å². The molecule has 0 aliphatic heterocycles. The number of aliphatic hydroxyl groups excluding tert-OH is 2. The first-order chi connectivity index (χ1) is 39.0. The lowest BCUT2D eigenvalue weighted by Gasteiger charge is -2.20. The first-order valence-electron chi connectivity index (χ1n) is 36.1. The highest BCUT2D eigenvalue weighted by Gasteiger charge is 2.18. The van der Waals surface area contributed by atoms with Crippen LogP contribution >= 0.6 is 0 Å². The number of unbranched alkanes of at least 4 members (excludes halogenated alkanes) is 55. The van der Waals surface area contributed by atoms with E-state index in [4.69, 9.17) is 4.74 Å². The van der Waals surface area contributed by atoms with Crippen LogP contribution in [0.3, 0.4) is 0 Å². The molecule has 79 heavy (non-hydrogen) atoms. The lowest BCUT2D eigenvalue weighted by molar-refractivity contribution is -0.143. The van der Waals surface area contributed by atoms with E-state index in [1.807, 2.05) is 6.08 Å². The SMILES string of the molecule is CCCCCCCC/C=C\CCCCCCCC(=O)OCCCCCCCCCCCCCCCCCCCCCCCCCCCCC(=O)NC(CO)C(O)/C=C/CCCCCCCCCCCCCCCCCCCCC. The lowest BCUT2D eigenvalue weighted by atomic mass is 10.0. The molecule has 0 bridgehead atoms. The van der Waals surface area contributed by atoms with Gasteiger partial charge in [0, 0.05) is 12.8 Å². The van der Waals surface area contributed by atoms with Gasteiger partial charge in [0.25, 0.3) is 0 Å². The summed E-state index contributed by atoms with van der Waals surface area (Å²) in [6.07, 6.45) is 86.9. The third-order valence-corrected chi connectivity index (χ3v) is 17.0. The number of allylic oxidation sites excluding steroid dienone is 3. The van der Waals surface area contributed by atoms with Crippen molar-refractivity contribution < 1.29 is 24.5 Å². The number of carbonyl (C=O) groups excluding carboxylic acids is 2. The highest BCUT2D eigenvalue weighted by molar-refractivity contribution is 5.76. The van der Waals surface area contributed by atoms with Crippen molar-refractivity contribution in [3.8, 4) is 0 Å². The van der Waals surface area contributed by atoms with E-state index in [0.29, 0.717) is 19.4 Å². The van der Waals surface area contributed by atoms with Crippen LogP contribution in [0.1, 0.15) is 406 Å². The summed E-state index contributed by atoms with van der Waals surface area (Å²) in [5.74, 6) is -0.0518. The van der Waals surface area contributed by atoms with Crippen LogP contribution in [0.2, 0.25) is 0 Å². The minimum absolute atomic E-state index is 0.00975. The Bertz CT molecular complexity index is 1230. The van der Waals surface area contributed by atoms with Gasteiger partial charge in [-0.1, -0.05) is 359 Å². The van der Waals surface area contributed by atoms with Gasteiger partial charge >= 0.3 is 5.97 Å². The van der Waals surface area contributed by atoms with Crippen LogP contribution in [-0.2, 0) is 14.3 Å². The number of nitrogens with one attached hydrogen (secondary N) is 1. The molecule has 6 nitrogen and oxygen atoms in total. The third kappa shape index (κ3) is 65.4. The average molecular weight is 1110 g/mol. The number of amides is 1. The van der Waals surface area contributed by atoms with Crippen LogP contribution in [0.15, 0.2) is 24.3 Å². The molecule has 0 fully saturated rings. The number of aliphatic hydroxyl groups is 2. The average Bonchev–Trinajstić information content (AvgIpc) is 3.45. The smallest absolute Gasteiger partial charge is 0.305 e. The number of carbonyl (C=O) groups is 2. The molecule has 1 amide bonds. The summed E-state index contributed by atoms with van der Waals surface area (Å²) in [7, 11) is 0. The Morgan fingerprint density at radius 2 is 0.595 bits per heavy atom. The van der Waals surface area contributed by atoms with E-state index >= 15 is 0 Å². The second-order valence-electron chi connectivity index (χ2n) is 24.9. The summed E-state index contributed by atoms with van der Waals surface area (Å²) < 4.78 is 5.49. The van der Waals surface area contributed by atoms with Gasteiger partial charge in [0.15, 0.2) is 0 Å². The van der Waals surface area contributed by atoms with Crippen LogP contribution < -0.4 is 5.32 Å². The molecule has 2 atom stereocenters. The number of hydrogen-bond donors (Lipinski definition) is 3. The van der Waals surface area contributed by atoms with Crippen molar-refractivity contribution in [3.05, 3.63) is 24.3 Å². The number of esters is 1. The zero-order valence-electron chi connectivity index (χ0n) is 53.6. The minimum Gasteiger partial charge on any atom is -0.466 e. The van der Waals surface area contributed by atoms with E-state index in [-0.39, 0.29) is 18.5 Å². The van der Waals surface area contributed by atoms with Crippen LogP contribution in [0, 0.1) is 0 Å². The van der Waals surface area contributed by atoms with Gasteiger partial charge in [0.05, 0.1) is 25.4 Å². The largest absolute Gasteiger partial charge is 0.466 e. The highest BCUT2D eigenvalue weighted by Crippen LogP contribution is 2.19. The second kappa shape index (κ2) is 68.8. The maximum Gasteiger partial charge on any atom is 0.305 e. The Balaban J connectivity index is 3.38. The molecule has 0 aliphatic carbocycles. The molecule has 2 unspecified atom stereocenters. The first-order valence-corrected chi connectivity index (χ1v) is 36.1. The topological polar surface area (TPSA) is 95.9 Å². The molecule has 468 valence electrons. The van der Waals surface area contributed by atoms with Crippen molar-refractivity contribution >= 4 is 11.9 Å². The van der Waals surface area contributed by atoms with Gasteiger partial charge in [0.1, 0.15) is 0 Å². The Hall–Kier alpha value is -1.66. The maximum absolute atomic E-state index is 12.5. The summed E-state index contributed by atoms with van der Waals surface area (Å²) in [6.45, 7) is 4.94. The Morgan fingerprint density at radius 3 is 0.899 bits per heavy atom. The van der Waals surface area contributed by atoms with E-state index in [1.54, 1.807) is 6.08 Å². The van der Waals surface area contributed by atoms with E-state index in [1.165, 1.54) is 334 Å². The van der Waals surface area contributed by atoms with Gasteiger partial charge < -0.3 is 20.3 Å². The summed E-state index contributed by atoms with van der Waals surface area (Å²) >= 11 is 0. The predicted molar refractivity (Wildman–Crippen MR) is 347 cm³/mol. The Morgan fingerprint density at radius 1 is 0.342 bits per heavy atom. The second-order valence-corrected chi connectivity index (χ2v) is 24.9. The van der Waals surface area contributed by atoms with Crippen LogP contribution in [-0.4, -0.2) is 47.4 Å². The molecular formula is C73H141NO5. The predicted octanol–water partition coefficient (Wildman–Crippen LogP) is 23.3. The number of ether oxygens (including phenoxy) is 1. The van der Waals surface area contributed by atoms with Gasteiger partial charge in [0.2, 0.25) is 5.91 Å². The summed E-state index contributed by atoms with van der Waals surface area (Å²) in [5.41, 5.74) is 0. The van der Waals surface area contributed by atoms with Crippen molar-refractivity contribution in [1.29, 1.82) is 0 Å². The molecule has 0 spiro atoms. The normalized spacial score (nSPS) is 12.6. The number of rotatable bonds is 68. The molecule has 3 N–H and O–H groups in total. The summed E-state index contributed by atoms with van der Waals surface area (Å²) in [4.78, 5) is 24.6. The maximum atomic E-state index is 12.5. The molecular weight excluding hydrogens is 971 g/mol. The van der Waals surface area contributed by atoms with Crippen molar-refractivity contribution in [2.24, 2.45) is 0 Å². The van der Waals surface area contributed by atoms with Crippen LogP contribution in [0.5, 0.6) is 0 Å². The molecule has 0 radical (unpaired) electrons. The molecule has 0 saturated carbocycles. The summed E-state index contributed by atoms with van der Waals surface area (Å²) in [6, 6.07) is -0.627. The van der Waals surface area contributed by atoms with Gasteiger partial charge in [-0.25, -0.2) is 0 Å². The van der Waals surface area contributed by atoms with Crippen molar-refractivity contribution in [3.63, 3.8) is 0 Å². The fraction of sp³-hybridized carbons (Fsp3) is 0.918. The quantitative estimate of drug-likeness (QED) is 0.0320. The molecule has 0 saturated heterocycles. The van der Waals surface area contributed by atoms with Crippen LogP contribution in [0.4, 0.5) is 0 Å². The fourth-order valence-corrected chi connectivity index (χ4v) is 11.5. The standard InChI is InChI=1S/C73H141NO5/c1-3-5-7-9-11-13-15-17-19-20-21-28-31-34-38-41-45-49-53-57-61-65-71(76)70(69-75)74-72(77)66-62-58-54-50-46-42-39-35-32-29-26-24-22-23-25-27-30-33-36-40-44-48-52-56-60-64-68-79-73(78)67-63-59-55-51-47-43-37-18-16-14-12-10-8-6-4-2/h18,37,61,65,70-71,75-76H,3-17,19-36,38-60,62-64,66-69H2,1-2H3,(H,74,77)/b37-18-,65-61+. The molecule has 6 heteroatoms. The van der Waals surface area contributed by atoms with Gasteiger partial charge in [-0.15, -0.1) is 0 Å². The zero-order valence-corrected chi connectivity index (χ0v) is 53.6. The minimum atomic E-state index is -0.844. The van der Waals surface area contributed by atoms with Crippen molar-refractivity contribution in [2.45, 2.75) is 418 Å². The van der Waals surface area contributed by atoms with Crippen molar-refractivity contribution in [2.75, 3.05) is 13.2 Å². The first kappa shape index (κ1) is 77.3. The fourth-order valence-electron chi connectivity index (χ4n) is 11.5. The highest BCUT2D eigenvalue weighted by atomic mass is 16.5. The molecule has 0 aromatic carbocycles. The number of hydrogen-bond acceptors (Lipinski definition) is 5. The van der Waals surface area contributed by atoms with Gasteiger partial charge in [-0.2, -0.15) is 0 Å². The Kier molecular flexibility index (Phi) is 67.4. The molecule has 0 heterocycles. The van der Waals surface area contributed by atoms with E-state index in [0.717, 1.165) is 44.9 Å². The van der Waals surface area contributed by atoms with E-state index in [2.05, 4.69) is 31.3 Å². The monoisotopic (exact) mass is 1110 g/mol.